The minimum Gasteiger partial charge on any atom is -0.451 e. The summed E-state index contributed by atoms with van der Waals surface area (Å²) in [6.45, 7) is 0. The van der Waals surface area contributed by atoms with Gasteiger partial charge in [0, 0.05) is 6.07 Å². The van der Waals surface area contributed by atoms with Crippen LogP contribution in [0.25, 0.3) is 0 Å². The summed E-state index contributed by atoms with van der Waals surface area (Å²) in [5.41, 5.74) is 0.304. The third-order valence-corrected chi connectivity index (χ3v) is 2.27. The Balaban J connectivity index is 2.40. The minimum atomic E-state index is -1.62. The van der Waals surface area contributed by atoms with Gasteiger partial charge in [0.15, 0.2) is 11.6 Å². The first-order valence-corrected chi connectivity index (χ1v) is 5.04. The molecule has 19 heavy (non-hydrogen) atoms. The van der Waals surface area contributed by atoms with Crippen LogP contribution in [-0.4, -0.2) is 0 Å². The Morgan fingerprint density at radius 2 is 1.42 bits per heavy atom. The fourth-order valence-electron chi connectivity index (χ4n) is 1.36. The molecule has 0 N–H and O–H groups in total. The fraction of sp³-hybridized carbons (Fsp3) is 0. The summed E-state index contributed by atoms with van der Waals surface area (Å²) in [4.78, 5) is 0. The lowest BCUT2D eigenvalue weighted by Crippen LogP contribution is -1.99. The molecule has 96 valence electrons. The highest BCUT2D eigenvalue weighted by atomic mass is 19.2. The van der Waals surface area contributed by atoms with Crippen LogP contribution < -0.4 is 4.74 Å². The van der Waals surface area contributed by atoms with Crippen molar-refractivity contribution in [2.24, 2.45) is 0 Å². The molecule has 6 heteroatoms. The van der Waals surface area contributed by atoms with Crippen LogP contribution in [0.4, 0.5) is 17.6 Å². The summed E-state index contributed by atoms with van der Waals surface area (Å²) < 4.78 is 57.3. The Bertz CT molecular complexity index is 636. The maximum Gasteiger partial charge on any atom is 0.204 e. The zero-order valence-electron chi connectivity index (χ0n) is 9.25. The lowest BCUT2D eigenvalue weighted by Gasteiger charge is -2.08. The molecule has 2 aromatic rings. The third-order valence-electron chi connectivity index (χ3n) is 2.27. The zero-order valence-corrected chi connectivity index (χ0v) is 9.25. The maximum atomic E-state index is 13.3. The largest absolute Gasteiger partial charge is 0.451 e. The van der Waals surface area contributed by atoms with E-state index < -0.39 is 29.0 Å². The molecule has 2 rings (SSSR count). The van der Waals surface area contributed by atoms with E-state index in [4.69, 9.17) is 10.00 Å². The van der Waals surface area contributed by atoms with Crippen molar-refractivity contribution < 1.29 is 22.3 Å². The molecule has 0 radical (unpaired) electrons. The van der Waals surface area contributed by atoms with Crippen LogP contribution >= 0.6 is 0 Å². The standard InChI is InChI=1S/C13H5F4NO/c14-9-5-10(15)12(17)13(11(9)16)19-8-3-1-7(6-18)2-4-8/h1-5H. The average molecular weight is 267 g/mol. The van der Waals surface area contributed by atoms with Gasteiger partial charge in [-0.2, -0.15) is 14.0 Å². The summed E-state index contributed by atoms with van der Waals surface area (Å²) in [7, 11) is 0. The van der Waals surface area contributed by atoms with E-state index in [9.17, 15) is 17.6 Å². The van der Waals surface area contributed by atoms with E-state index in [0.29, 0.717) is 5.56 Å². The number of hydrogen-bond donors (Lipinski definition) is 0. The molecule has 0 aliphatic carbocycles. The van der Waals surface area contributed by atoms with Crippen LogP contribution in [0.3, 0.4) is 0 Å². The van der Waals surface area contributed by atoms with Crippen molar-refractivity contribution in [1.82, 2.24) is 0 Å². The number of ether oxygens (including phenoxy) is 1. The Morgan fingerprint density at radius 3 is 1.89 bits per heavy atom. The van der Waals surface area contributed by atoms with Gasteiger partial charge >= 0.3 is 0 Å². The number of benzene rings is 2. The smallest absolute Gasteiger partial charge is 0.204 e. The molecule has 0 bridgehead atoms. The number of nitrogens with zero attached hydrogens (tertiary/aromatic N) is 1. The Hall–Kier alpha value is -2.55. The highest BCUT2D eigenvalue weighted by Crippen LogP contribution is 2.30. The first-order chi connectivity index (χ1) is 9.02. The summed E-state index contributed by atoms with van der Waals surface area (Å²) in [6, 6.07) is 7.10. The number of rotatable bonds is 2. The molecular weight excluding hydrogens is 262 g/mol. The van der Waals surface area contributed by atoms with Gasteiger partial charge in [0.1, 0.15) is 5.75 Å². The highest BCUT2D eigenvalue weighted by Gasteiger charge is 2.21. The fourth-order valence-corrected chi connectivity index (χ4v) is 1.36. The lowest BCUT2D eigenvalue weighted by molar-refractivity contribution is 0.366. The Morgan fingerprint density at radius 1 is 0.895 bits per heavy atom. The average Bonchev–Trinajstić information content (AvgIpc) is 2.42. The van der Waals surface area contributed by atoms with Gasteiger partial charge in [0.2, 0.25) is 17.4 Å². The van der Waals surface area contributed by atoms with Crippen molar-refractivity contribution in [1.29, 1.82) is 5.26 Å². The predicted octanol–water partition coefficient (Wildman–Crippen LogP) is 3.91. The first kappa shape index (κ1) is 12.9. The lowest BCUT2D eigenvalue weighted by atomic mass is 10.2. The second-order valence-corrected chi connectivity index (χ2v) is 3.54. The minimum absolute atomic E-state index is 0.0539. The molecule has 2 nitrogen and oxygen atoms in total. The van der Waals surface area contributed by atoms with Gasteiger partial charge < -0.3 is 4.74 Å². The zero-order chi connectivity index (χ0) is 14.0. The van der Waals surface area contributed by atoms with Gasteiger partial charge in [0.25, 0.3) is 0 Å². The quantitative estimate of drug-likeness (QED) is 0.610. The van der Waals surface area contributed by atoms with Gasteiger partial charge in [-0.1, -0.05) is 0 Å². The number of nitriles is 1. The molecule has 0 unspecified atom stereocenters. The summed E-state index contributed by atoms with van der Waals surface area (Å²) in [5.74, 6) is -7.57. The first-order valence-electron chi connectivity index (χ1n) is 5.04. The molecule has 0 saturated heterocycles. The van der Waals surface area contributed by atoms with Gasteiger partial charge in [0.05, 0.1) is 11.6 Å². The molecule has 0 aromatic heterocycles. The van der Waals surface area contributed by atoms with Gasteiger partial charge in [-0.3, -0.25) is 0 Å². The summed E-state index contributed by atoms with van der Waals surface area (Å²) in [5, 5.41) is 8.57. The van der Waals surface area contributed by atoms with Crippen molar-refractivity contribution in [2.75, 3.05) is 0 Å². The third kappa shape index (κ3) is 2.50. The van der Waals surface area contributed by atoms with Crippen LogP contribution in [0.1, 0.15) is 5.56 Å². The molecule has 0 atom stereocenters. The molecule has 0 aliphatic heterocycles. The normalized spacial score (nSPS) is 10.1. The molecule has 0 aliphatic rings. The van der Waals surface area contributed by atoms with E-state index in [1.165, 1.54) is 24.3 Å². The van der Waals surface area contributed by atoms with E-state index in [0.717, 1.165) is 0 Å². The van der Waals surface area contributed by atoms with E-state index in [1.807, 2.05) is 6.07 Å². The SMILES string of the molecule is N#Cc1ccc(Oc2c(F)c(F)cc(F)c2F)cc1. The van der Waals surface area contributed by atoms with E-state index in [1.54, 1.807) is 0 Å². The molecule has 0 spiro atoms. The summed E-state index contributed by atoms with van der Waals surface area (Å²) in [6.07, 6.45) is 0. The monoisotopic (exact) mass is 267 g/mol. The molecule has 0 fully saturated rings. The highest BCUT2D eigenvalue weighted by molar-refractivity contribution is 5.38. The molecule has 0 heterocycles. The van der Waals surface area contributed by atoms with E-state index in [2.05, 4.69) is 0 Å². The van der Waals surface area contributed by atoms with Crippen LogP contribution in [0.5, 0.6) is 11.5 Å². The van der Waals surface area contributed by atoms with Crippen molar-refractivity contribution >= 4 is 0 Å². The topological polar surface area (TPSA) is 33.0 Å². The van der Waals surface area contributed by atoms with E-state index in [-0.39, 0.29) is 11.8 Å². The van der Waals surface area contributed by atoms with Crippen LogP contribution in [-0.2, 0) is 0 Å². The van der Waals surface area contributed by atoms with Gasteiger partial charge in [-0.15, -0.1) is 0 Å². The van der Waals surface area contributed by atoms with Crippen molar-refractivity contribution in [3.8, 4) is 17.6 Å². The second kappa shape index (κ2) is 4.98. The van der Waals surface area contributed by atoms with Crippen molar-refractivity contribution in [2.45, 2.75) is 0 Å². The predicted molar refractivity (Wildman–Crippen MR) is 57.5 cm³/mol. The number of hydrogen-bond acceptors (Lipinski definition) is 2. The Kier molecular flexibility index (Phi) is 3.38. The molecule has 0 amide bonds. The van der Waals surface area contributed by atoms with Crippen LogP contribution in [0, 0.1) is 34.6 Å². The number of halogens is 4. The summed E-state index contributed by atoms with van der Waals surface area (Å²) >= 11 is 0. The molecule has 0 saturated carbocycles. The molecule has 2 aromatic carbocycles. The van der Waals surface area contributed by atoms with Crippen molar-refractivity contribution in [3.63, 3.8) is 0 Å². The van der Waals surface area contributed by atoms with Gasteiger partial charge in [-0.25, -0.2) is 8.78 Å². The van der Waals surface area contributed by atoms with Crippen LogP contribution in [0.15, 0.2) is 30.3 Å². The van der Waals surface area contributed by atoms with Gasteiger partial charge in [-0.05, 0) is 24.3 Å². The second-order valence-electron chi connectivity index (χ2n) is 3.54. The van der Waals surface area contributed by atoms with E-state index >= 15 is 0 Å². The Labute approximate surface area is 105 Å². The maximum absolute atomic E-state index is 13.3. The molecular formula is C13H5F4NO. The van der Waals surface area contributed by atoms with Crippen LogP contribution in [0.2, 0.25) is 0 Å². The van der Waals surface area contributed by atoms with Crippen molar-refractivity contribution in [3.05, 3.63) is 59.2 Å².